The van der Waals surface area contributed by atoms with Crippen LogP contribution in [0.5, 0.6) is 0 Å². The Morgan fingerprint density at radius 3 is 2.64 bits per heavy atom. The number of hydrogen-bond acceptors (Lipinski definition) is 2. The van der Waals surface area contributed by atoms with Gasteiger partial charge in [0.05, 0.1) is 18.5 Å². The zero-order valence-electron chi connectivity index (χ0n) is 14.5. The van der Waals surface area contributed by atoms with Crippen molar-refractivity contribution in [3.05, 3.63) is 83.0 Å². The number of para-hydroxylation sites is 1. The molecule has 0 unspecified atom stereocenters. The molecule has 2 N–H and O–H groups in total. The molecule has 1 aliphatic rings. The minimum absolute atomic E-state index is 0.703. The van der Waals surface area contributed by atoms with Crippen LogP contribution in [-0.2, 0) is 4.74 Å². The summed E-state index contributed by atoms with van der Waals surface area (Å²) in [6, 6.07) is 10.1. The molecule has 124 valence electrons. The molecule has 2 aromatic heterocycles. The largest absolute Gasteiger partial charge is 0.494 e. The first-order chi connectivity index (χ1) is 12.1. The number of rotatable bonds is 3. The summed E-state index contributed by atoms with van der Waals surface area (Å²) in [5.74, 6) is 0.722. The van der Waals surface area contributed by atoms with Crippen LogP contribution in [0.3, 0.4) is 0 Å². The molecule has 4 heteroatoms. The molecule has 0 spiro atoms. The molecule has 0 bridgehead atoms. The minimum atomic E-state index is 0.703. The van der Waals surface area contributed by atoms with Gasteiger partial charge in [-0.05, 0) is 43.2 Å². The van der Waals surface area contributed by atoms with Crippen molar-refractivity contribution in [2.24, 2.45) is 4.99 Å². The lowest BCUT2D eigenvalue weighted by Crippen LogP contribution is -1.96. The summed E-state index contributed by atoms with van der Waals surface area (Å²) in [7, 11) is 1.65. The Labute approximate surface area is 146 Å². The fourth-order valence-corrected chi connectivity index (χ4v) is 3.21. The van der Waals surface area contributed by atoms with Crippen molar-refractivity contribution < 1.29 is 4.74 Å². The van der Waals surface area contributed by atoms with Gasteiger partial charge in [0, 0.05) is 35.3 Å². The van der Waals surface area contributed by atoms with Crippen LogP contribution in [0, 0.1) is 20.8 Å². The first kappa shape index (κ1) is 15.5. The average Bonchev–Trinajstić information content (AvgIpc) is 3.24. The van der Waals surface area contributed by atoms with E-state index in [0.29, 0.717) is 5.56 Å². The highest BCUT2D eigenvalue weighted by atomic mass is 16.5. The number of nitrogens with one attached hydrogen (secondary N) is 2. The molecule has 0 aliphatic carbocycles. The molecule has 0 saturated carbocycles. The number of aliphatic imine (C=N–C) groups is 1. The number of aryl methyl sites for hydroxylation is 2. The number of aromatic amines is 2. The van der Waals surface area contributed by atoms with Gasteiger partial charge in [-0.2, -0.15) is 0 Å². The van der Waals surface area contributed by atoms with E-state index in [-0.39, 0.29) is 0 Å². The lowest BCUT2D eigenvalue weighted by atomic mass is 10.1. The van der Waals surface area contributed by atoms with Crippen molar-refractivity contribution in [2.45, 2.75) is 13.8 Å². The molecule has 3 heterocycles. The number of ether oxygens (including phenoxy) is 1. The normalized spacial score (nSPS) is 15.8. The molecular weight excluding hydrogens is 310 g/mol. The van der Waals surface area contributed by atoms with Gasteiger partial charge in [-0.25, -0.2) is 4.99 Å². The Hall–Kier alpha value is -3.01. The van der Waals surface area contributed by atoms with Crippen LogP contribution in [0.15, 0.2) is 52.9 Å². The van der Waals surface area contributed by atoms with Gasteiger partial charge in [-0.1, -0.05) is 18.2 Å². The van der Waals surface area contributed by atoms with E-state index in [1.165, 1.54) is 5.56 Å². The molecule has 0 fully saturated rings. The summed E-state index contributed by atoms with van der Waals surface area (Å²) in [6.07, 6.45) is 3.92. The Morgan fingerprint density at radius 1 is 1.16 bits per heavy atom. The average molecular weight is 329 g/mol. The van der Waals surface area contributed by atoms with Gasteiger partial charge in [0.15, 0.2) is 0 Å². The van der Waals surface area contributed by atoms with Crippen LogP contribution < -0.4 is 0 Å². The first-order valence-corrected chi connectivity index (χ1v) is 8.16. The van der Waals surface area contributed by atoms with Crippen LogP contribution in [0.2, 0.25) is 0 Å². The molecule has 0 atom stereocenters. The molecule has 4 nitrogen and oxygen atoms in total. The quantitative estimate of drug-likeness (QED) is 0.728. The second-order valence-corrected chi connectivity index (χ2v) is 6.25. The topological polar surface area (TPSA) is 53.2 Å². The van der Waals surface area contributed by atoms with Crippen molar-refractivity contribution in [3.8, 4) is 0 Å². The number of methoxy groups -OCH3 is 1. The predicted octanol–water partition coefficient (Wildman–Crippen LogP) is 4.55. The third-order valence-corrected chi connectivity index (χ3v) is 4.45. The smallest absolute Gasteiger partial charge is 0.146 e. The van der Waals surface area contributed by atoms with E-state index in [2.05, 4.69) is 23.0 Å². The summed E-state index contributed by atoms with van der Waals surface area (Å²) < 4.78 is 5.52. The highest BCUT2D eigenvalue weighted by Crippen LogP contribution is 2.29. The fraction of sp³-hybridized carbons (Fsp3) is 0.143. The van der Waals surface area contributed by atoms with Crippen molar-refractivity contribution in [2.75, 3.05) is 7.11 Å². The van der Waals surface area contributed by atoms with Crippen LogP contribution in [0.4, 0.5) is 0 Å². The number of nitrogens with zero attached hydrogens (tertiary/aromatic N) is 1. The molecule has 25 heavy (non-hydrogen) atoms. The molecule has 1 aliphatic heterocycles. The number of benzene rings is 1. The summed E-state index contributed by atoms with van der Waals surface area (Å²) in [6.45, 7) is 10.4. The summed E-state index contributed by atoms with van der Waals surface area (Å²) in [4.78, 5) is 11.4. The van der Waals surface area contributed by atoms with E-state index < -0.39 is 0 Å². The first-order valence-electron chi connectivity index (χ1n) is 8.16. The van der Waals surface area contributed by atoms with Gasteiger partial charge < -0.3 is 14.7 Å². The van der Waals surface area contributed by atoms with Crippen LogP contribution >= 0.6 is 0 Å². The van der Waals surface area contributed by atoms with Crippen LogP contribution in [-0.4, -0.2) is 22.8 Å². The standard InChI is InChI=1S/C21H19N3O/c1-12-9-13(2)22-17(12)10-18-20(25-4)11-19(23-18)21-14(3)15-7-5-6-8-16(15)24-21/h3,5-11,22,24H,1-2,4H3. The van der Waals surface area contributed by atoms with Crippen LogP contribution in [0.25, 0.3) is 17.0 Å². The SMILES string of the molecule is [CH]c1c(C2=NC(=Cc3[nH]c(C)cc3C)C(OC)=C2)[nH]c2ccccc12. The molecule has 4 rings (SSSR count). The fourth-order valence-electron chi connectivity index (χ4n) is 3.21. The maximum atomic E-state index is 6.32. The van der Waals surface area contributed by atoms with Crippen molar-refractivity contribution in [1.29, 1.82) is 0 Å². The maximum Gasteiger partial charge on any atom is 0.146 e. The zero-order valence-corrected chi connectivity index (χ0v) is 14.5. The molecular formula is C21H19N3O. The van der Waals surface area contributed by atoms with E-state index in [9.17, 15) is 0 Å². The highest BCUT2D eigenvalue weighted by Gasteiger charge is 2.20. The maximum absolute atomic E-state index is 6.32. The lowest BCUT2D eigenvalue weighted by Gasteiger charge is -2.01. The Morgan fingerprint density at radius 2 is 1.96 bits per heavy atom. The van der Waals surface area contributed by atoms with E-state index in [1.54, 1.807) is 7.11 Å². The van der Waals surface area contributed by atoms with Gasteiger partial charge in [-0.15, -0.1) is 0 Å². The van der Waals surface area contributed by atoms with Crippen molar-refractivity contribution >= 4 is 22.7 Å². The van der Waals surface area contributed by atoms with Crippen molar-refractivity contribution in [3.63, 3.8) is 0 Å². The van der Waals surface area contributed by atoms with E-state index in [1.807, 2.05) is 43.3 Å². The Balaban J connectivity index is 1.81. The number of aromatic nitrogens is 2. The van der Waals surface area contributed by atoms with E-state index in [0.717, 1.165) is 45.2 Å². The summed E-state index contributed by atoms with van der Waals surface area (Å²) in [5.41, 5.74) is 7.40. The second kappa shape index (κ2) is 5.81. The van der Waals surface area contributed by atoms with Crippen molar-refractivity contribution in [1.82, 2.24) is 9.97 Å². The molecule has 0 amide bonds. The summed E-state index contributed by atoms with van der Waals surface area (Å²) >= 11 is 0. The molecule has 3 aromatic rings. The second-order valence-electron chi connectivity index (χ2n) is 6.25. The van der Waals surface area contributed by atoms with Gasteiger partial charge in [0.2, 0.25) is 0 Å². The minimum Gasteiger partial charge on any atom is -0.494 e. The third-order valence-electron chi connectivity index (χ3n) is 4.45. The number of hydrogen-bond donors (Lipinski definition) is 2. The summed E-state index contributed by atoms with van der Waals surface area (Å²) in [5, 5.41) is 1.00. The van der Waals surface area contributed by atoms with Gasteiger partial charge in [-0.3, -0.25) is 0 Å². The number of H-pyrrole nitrogens is 2. The molecule has 0 saturated heterocycles. The van der Waals surface area contributed by atoms with Gasteiger partial charge >= 0.3 is 0 Å². The predicted molar refractivity (Wildman–Crippen MR) is 102 cm³/mol. The van der Waals surface area contributed by atoms with Gasteiger partial charge in [0.1, 0.15) is 11.5 Å². The van der Waals surface area contributed by atoms with Gasteiger partial charge in [0.25, 0.3) is 0 Å². The highest BCUT2D eigenvalue weighted by molar-refractivity contribution is 6.14. The van der Waals surface area contributed by atoms with E-state index >= 15 is 0 Å². The molecule has 2 radical (unpaired) electrons. The Bertz CT molecular complexity index is 1060. The monoisotopic (exact) mass is 329 g/mol. The van der Waals surface area contributed by atoms with E-state index in [4.69, 9.17) is 16.7 Å². The lowest BCUT2D eigenvalue weighted by molar-refractivity contribution is 0.303. The zero-order chi connectivity index (χ0) is 17.6. The number of allylic oxidation sites excluding steroid dienone is 1. The van der Waals surface area contributed by atoms with Crippen LogP contribution in [0.1, 0.15) is 28.2 Å². The number of fused-ring (bicyclic) bond motifs is 1. The Kier molecular flexibility index (Phi) is 3.61. The molecule has 1 aromatic carbocycles. The third kappa shape index (κ3) is 2.60.